The number of nitrogens with zero attached hydrogens (tertiary/aromatic N) is 4. The van der Waals surface area contributed by atoms with E-state index in [0.29, 0.717) is 28.1 Å². The highest BCUT2D eigenvalue weighted by Gasteiger charge is 2.25. The Hall–Kier alpha value is -3.94. The number of amides is 1. The number of anilines is 1. The molecule has 0 bridgehead atoms. The van der Waals surface area contributed by atoms with E-state index in [0.717, 1.165) is 22.5 Å². The molecule has 0 saturated heterocycles. The van der Waals surface area contributed by atoms with Crippen LogP contribution in [0.3, 0.4) is 0 Å². The summed E-state index contributed by atoms with van der Waals surface area (Å²) in [5, 5.41) is 16.8. The number of carbonyl (C=O) groups is 1. The Bertz CT molecular complexity index is 1310. The van der Waals surface area contributed by atoms with Crippen LogP contribution >= 0.6 is 0 Å². The summed E-state index contributed by atoms with van der Waals surface area (Å²) in [7, 11) is 1.76. The fraction of sp³-hybridized carbons (Fsp3) is 0.280. The van der Waals surface area contributed by atoms with Crippen molar-refractivity contribution in [2.75, 3.05) is 12.4 Å². The molecule has 3 N–H and O–H groups in total. The summed E-state index contributed by atoms with van der Waals surface area (Å²) in [6.45, 7) is 7.89. The third-order valence-electron chi connectivity index (χ3n) is 5.99. The lowest BCUT2D eigenvalue weighted by molar-refractivity contribution is 0.0951. The first-order chi connectivity index (χ1) is 15.8. The maximum Gasteiger partial charge on any atom is 0.254 e. The molecule has 0 saturated carbocycles. The molecule has 0 radical (unpaired) electrons. The molecule has 170 valence electrons. The van der Waals surface area contributed by atoms with Gasteiger partial charge < -0.3 is 20.3 Å². The van der Waals surface area contributed by atoms with E-state index >= 15 is 0 Å². The number of rotatable bonds is 6. The van der Waals surface area contributed by atoms with E-state index in [1.807, 2.05) is 45.0 Å². The average Bonchev–Trinajstić information content (AvgIpc) is 3.09. The van der Waals surface area contributed by atoms with Crippen molar-refractivity contribution in [3.63, 3.8) is 0 Å². The quantitative estimate of drug-likeness (QED) is 0.415. The average molecular weight is 445 g/mol. The second-order valence-corrected chi connectivity index (χ2v) is 8.16. The minimum absolute atomic E-state index is 0.0394. The minimum Gasteiger partial charge on any atom is -0.493 e. The number of aromatic hydroxyl groups is 1. The van der Waals surface area contributed by atoms with Crippen LogP contribution in [0.1, 0.15) is 51.4 Å². The van der Waals surface area contributed by atoms with Gasteiger partial charge in [-0.15, -0.1) is 0 Å². The molecule has 0 aliphatic rings. The van der Waals surface area contributed by atoms with Crippen molar-refractivity contribution in [2.45, 2.75) is 40.3 Å². The Labute approximate surface area is 192 Å². The largest absolute Gasteiger partial charge is 0.493 e. The molecule has 1 amide bonds. The summed E-state index contributed by atoms with van der Waals surface area (Å²) in [5.41, 5.74) is 5.31. The zero-order valence-corrected chi connectivity index (χ0v) is 19.5. The first kappa shape index (κ1) is 22.3. The van der Waals surface area contributed by atoms with Crippen molar-refractivity contribution in [2.24, 2.45) is 0 Å². The van der Waals surface area contributed by atoms with Crippen molar-refractivity contribution in [3.05, 3.63) is 76.2 Å². The lowest BCUT2D eigenvalue weighted by Crippen LogP contribution is -2.24. The maximum absolute atomic E-state index is 13.4. The second kappa shape index (κ2) is 8.90. The number of benzene rings is 1. The summed E-state index contributed by atoms with van der Waals surface area (Å²) >= 11 is 0. The first-order valence-electron chi connectivity index (χ1n) is 10.9. The maximum atomic E-state index is 13.4. The van der Waals surface area contributed by atoms with Crippen molar-refractivity contribution in [1.82, 2.24) is 24.8 Å². The van der Waals surface area contributed by atoms with E-state index in [9.17, 15) is 9.90 Å². The van der Waals surface area contributed by atoms with Gasteiger partial charge in [0.15, 0.2) is 0 Å². The summed E-state index contributed by atoms with van der Waals surface area (Å²) < 4.78 is 2.07. The van der Waals surface area contributed by atoms with Gasteiger partial charge in [0, 0.05) is 36.7 Å². The molecular weight excluding hydrogens is 416 g/mol. The van der Waals surface area contributed by atoms with E-state index in [4.69, 9.17) is 0 Å². The summed E-state index contributed by atoms with van der Waals surface area (Å²) in [5.74, 6) is 0.170. The molecule has 1 aromatic carbocycles. The molecule has 0 aliphatic heterocycles. The number of carbonyl (C=O) groups excluding carboxylic acids is 1. The van der Waals surface area contributed by atoms with Crippen molar-refractivity contribution in [3.8, 4) is 5.88 Å². The van der Waals surface area contributed by atoms with Crippen molar-refractivity contribution < 1.29 is 9.90 Å². The number of nitrogens with one attached hydrogen (secondary N) is 2. The smallest absolute Gasteiger partial charge is 0.254 e. The van der Waals surface area contributed by atoms with Crippen LogP contribution in [0.5, 0.6) is 5.88 Å². The Morgan fingerprint density at radius 2 is 1.88 bits per heavy atom. The van der Waals surface area contributed by atoms with Crippen LogP contribution < -0.4 is 10.6 Å². The first-order valence-corrected chi connectivity index (χ1v) is 10.9. The fourth-order valence-corrected chi connectivity index (χ4v) is 4.29. The molecule has 0 fully saturated rings. The van der Waals surface area contributed by atoms with E-state index in [2.05, 4.69) is 49.2 Å². The normalized spacial score (nSPS) is 12.0. The molecule has 0 unspecified atom stereocenters. The Kier molecular flexibility index (Phi) is 6.00. The molecule has 4 aromatic rings. The lowest BCUT2D eigenvalue weighted by Gasteiger charge is -2.18. The predicted molar refractivity (Wildman–Crippen MR) is 129 cm³/mol. The van der Waals surface area contributed by atoms with Gasteiger partial charge in [-0.25, -0.2) is 9.97 Å². The summed E-state index contributed by atoms with van der Waals surface area (Å²) in [6, 6.07) is 11.9. The van der Waals surface area contributed by atoms with Crippen LogP contribution in [-0.2, 0) is 6.54 Å². The number of aromatic nitrogens is 4. The highest BCUT2D eigenvalue weighted by atomic mass is 16.3. The van der Waals surface area contributed by atoms with Gasteiger partial charge >= 0.3 is 0 Å². The Morgan fingerprint density at radius 3 is 2.55 bits per heavy atom. The summed E-state index contributed by atoms with van der Waals surface area (Å²) in [6.07, 6.45) is 1.68. The molecule has 8 nitrogen and oxygen atoms in total. The molecule has 0 aliphatic carbocycles. The molecule has 1 atom stereocenters. The van der Waals surface area contributed by atoms with Crippen molar-refractivity contribution >= 4 is 22.9 Å². The zero-order chi connectivity index (χ0) is 23.7. The molecular formula is C25H28N6O2. The van der Waals surface area contributed by atoms with Gasteiger partial charge in [-0.3, -0.25) is 4.79 Å². The van der Waals surface area contributed by atoms with Crippen LogP contribution in [0, 0.1) is 20.8 Å². The predicted octanol–water partition coefficient (Wildman–Crippen LogP) is 4.04. The third kappa shape index (κ3) is 4.11. The highest BCUT2D eigenvalue weighted by molar-refractivity contribution is 6.07. The molecule has 3 heterocycles. The number of fused-ring (bicyclic) bond motifs is 1. The van der Waals surface area contributed by atoms with Crippen LogP contribution in [0.25, 0.3) is 11.0 Å². The zero-order valence-electron chi connectivity index (χ0n) is 19.5. The van der Waals surface area contributed by atoms with Crippen LogP contribution in [-0.4, -0.2) is 37.6 Å². The van der Waals surface area contributed by atoms with E-state index < -0.39 is 0 Å². The van der Waals surface area contributed by atoms with E-state index in [1.54, 1.807) is 13.2 Å². The third-order valence-corrected chi connectivity index (χ3v) is 5.99. The number of hydrogen-bond acceptors (Lipinski definition) is 6. The second-order valence-electron chi connectivity index (χ2n) is 8.16. The van der Waals surface area contributed by atoms with E-state index in [1.165, 1.54) is 0 Å². The Morgan fingerprint density at radius 1 is 1.15 bits per heavy atom. The number of aryl methyl sites for hydroxylation is 2. The minimum atomic E-state index is -0.253. The van der Waals surface area contributed by atoms with Gasteiger partial charge in [-0.05, 0) is 44.9 Å². The fourth-order valence-electron chi connectivity index (χ4n) is 4.29. The number of pyridine rings is 1. The molecule has 3 aromatic heterocycles. The van der Waals surface area contributed by atoms with E-state index in [-0.39, 0.29) is 24.4 Å². The van der Waals surface area contributed by atoms with Gasteiger partial charge in [0.05, 0.1) is 17.0 Å². The monoisotopic (exact) mass is 444 g/mol. The lowest BCUT2D eigenvalue weighted by atomic mass is 10.1. The Balaban J connectivity index is 1.76. The molecule has 4 rings (SSSR count). The van der Waals surface area contributed by atoms with Crippen LogP contribution in [0.4, 0.5) is 5.95 Å². The van der Waals surface area contributed by atoms with Gasteiger partial charge in [-0.2, -0.15) is 4.98 Å². The summed E-state index contributed by atoms with van der Waals surface area (Å²) in [4.78, 5) is 26.5. The van der Waals surface area contributed by atoms with Crippen LogP contribution in [0.2, 0.25) is 0 Å². The SMILES string of the molecule is CNc1ncc2c(C(=O)NCc3c(C)cc(C)nc3O)c(C)n([C@H](C)c3ccccc3)c2n1. The molecule has 0 spiro atoms. The van der Waals surface area contributed by atoms with Crippen LogP contribution in [0.15, 0.2) is 42.6 Å². The van der Waals surface area contributed by atoms with Gasteiger partial charge in [-0.1, -0.05) is 30.3 Å². The molecule has 8 heteroatoms. The van der Waals surface area contributed by atoms with Gasteiger partial charge in [0.25, 0.3) is 5.91 Å². The standard InChI is InChI=1S/C25H28N6O2/c1-14-11-15(2)29-23(32)19(14)12-27-24(33)21-17(4)31(16(3)18-9-7-6-8-10-18)22-20(21)13-28-25(26-5)30-22/h6-11,13,16H,12H2,1-5H3,(H,27,33)(H,29,32)(H,26,28,30)/t16-/m1/s1. The molecule has 33 heavy (non-hydrogen) atoms. The van der Waals surface area contributed by atoms with Gasteiger partial charge in [0.1, 0.15) is 5.65 Å². The van der Waals surface area contributed by atoms with Crippen molar-refractivity contribution in [1.29, 1.82) is 0 Å². The number of hydrogen-bond donors (Lipinski definition) is 3. The highest BCUT2D eigenvalue weighted by Crippen LogP contribution is 2.31. The topological polar surface area (TPSA) is 105 Å². The van der Waals surface area contributed by atoms with Gasteiger partial charge in [0.2, 0.25) is 11.8 Å².